The molecule has 1 unspecified atom stereocenters. The van der Waals surface area contributed by atoms with Gasteiger partial charge in [-0.25, -0.2) is 0 Å². The van der Waals surface area contributed by atoms with Crippen molar-refractivity contribution in [3.63, 3.8) is 0 Å². The van der Waals surface area contributed by atoms with Gasteiger partial charge in [-0.3, -0.25) is 0 Å². The molecule has 86 valence electrons. The van der Waals surface area contributed by atoms with Gasteiger partial charge >= 0.3 is 0 Å². The molecule has 0 aromatic heterocycles. The molecule has 0 radical (unpaired) electrons. The third kappa shape index (κ3) is 3.70. The van der Waals surface area contributed by atoms with E-state index in [2.05, 4.69) is 44.2 Å². The van der Waals surface area contributed by atoms with E-state index in [4.69, 9.17) is 5.26 Å². The van der Waals surface area contributed by atoms with Crippen molar-refractivity contribution in [1.29, 1.82) is 5.26 Å². The maximum absolute atomic E-state index is 9.07. The lowest BCUT2D eigenvalue weighted by Gasteiger charge is -2.08. The highest BCUT2D eigenvalue weighted by atomic mass is 14.3. The van der Waals surface area contributed by atoms with Crippen molar-refractivity contribution in [3.8, 4) is 6.07 Å². The molecule has 0 aliphatic heterocycles. The molecule has 0 fully saturated rings. The maximum Gasteiger partial charge on any atom is 0.0712 e. The maximum atomic E-state index is 9.07. The van der Waals surface area contributed by atoms with E-state index in [0.29, 0.717) is 0 Å². The van der Waals surface area contributed by atoms with E-state index < -0.39 is 0 Å². The van der Waals surface area contributed by atoms with Crippen LogP contribution in [0, 0.1) is 11.3 Å². The number of aryl methyl sites for hydroxylation is 1. The molecule has 1 atom stereocenters. The number of unbranched alkanes of at least 4 members (excludes halogenated alkanes) is 1. The highest BCUT2D eigenvalue weighted by Gasteiger charge is 2.08. The van der Waals surface area contributed by atoms with E-state index in [0.717, 1.165) is 19.3 Å². The molecule has 1 aromatic carbocycles. The summed E-state index contributed by atoms with van der Waals surface area (Å²) in [4.78, 5) is 0. The monoisotopic (exact) mass is 215 g/mol. The summed E-state index contributed by atoms with van der Waals surface area (Å²) in [5.41, 5.74) is 2.56. The lowest BCUT2D eigenvalue weighted by Crippen LogP contribution is -1.95. The first kappa shape index (κ1) is 12.8. The van der Waals surface area contributed by atoms with E-state index >= 15 is 0 Å². The molecule has 0 N–H and O–H groups in total. The Morgan fingerprint density at radius 3 is 2.31 bits per heavy atom. The summed E-state index contributed by atoms with van der Waals surface area (Å²) in [5, 5.41) is 9.07. The van der Waals surface area contributed by atoms with Gasteiger partial charge in [-0.2, -0.15) is 5.26 Å². The molecule has 0 spiro atoms. The molecule has 0 heterocycles. The van der Waals surface area contributed by atoms with E-state index in [1.165, 1.54) is 24.0 Å². The van der Waals surface area contributed by atoms with Crippen LogP contribution in [0.1, 0.15) is 56.6 Å². The first-order valence-electron chi connectivity index (χ1n) is 6.30. The minimum absolute atomic E-state index is 0.0743. The van der Waals surface area contributed by atoms with Crippen LogP contribution in [0.15, 0.2) is 24.3 Å². The number of nitriles is 1. The zero-order chi connectivity index (χ0) is 11.8. The second-order valence-corrected chi connectivity index (χ2v) is 4.32. The molecule has 0 aliphatic carbocycles. The third-order valence-electron chi connectivity index (χ3n) is 2.93. The zero-order valence-corrected chi connectivity index (χ0v) is 10.4. The molecule has 0 amide bonds. The fourth-order valence-electron chi connectivity index (χ4n) is 1.89. The lowest BCUT2D eigenvalue weighted by atomic mass is 9.94. The summed E-state index contributed by atoms with van der Waals surface area (Å²) < 4.78 is 0. The predicted octanol–water partition coefficient (Wildman–Crippen LogP) is 4.44. The van der Waals surface area contributed by atoms with Gasteiger partial charge < -0.3 is 0 Å². The van der Waals surface area contributed by atoms with Crippen molar-refractivity contribution in [2.75, 3.05) is 0 Å². The van der Waals surface area contributed by atoms with Crippen LogP contribution in [0.5, 0.6) is 0 Å². The van der Waals surface area contributed by atoms with Gasteiger partial charge in [0.05, 0.1) is 12.0 Å². The molecule has 1 heteroatoms. The number of benzene rings is 1. The highest BCUT2D eigenvalue weighted by molar-refractivity contribution is 5.28. The van der Waals surface area contributed by atoms with Gasteiger partial charge in [0.1, 0.15) is 0 Å². The standard InChI is InChI=1S/C15H21N/c1-3-5-7-13-8-10-14(11-9-13)15(12-16)6-4-2/h8-11,15H,3-7H2,1-2H3. The second kappa shape index (κ2) is 7.06. The minimum atomic E-state index is 0.0743. The fourth-order valence-corrected chi connectivity index (χ4v) is 1.89. The van der Waals surface area contributed by atoms with Crippen LogP contribution in [0.25, 0.3) is 0 Å². The van der Waals surface area contributed by atoms with Gasteiger partial charge in [0.25, 0.3) is 0 Å². The Hall–Kier alpha value is -1.29. The number of hydrogen-bond donors (Lipinski definition) is 0. The summed E-state index contributed by atoms with van der Waals surface area (Å²) in [6.07, 6.45) is 5.66. The van der Waals surface area contributed by atoms with Gasteiger partial charge in [0, 0.05) is 0 Å². The fraction of sp³-hybridized carbons (Fsp3) is 0.533. The largest absolute Gasteiger partial charge is 0.198 e. The Morgan fingerprint density at radius 1 is 1.12 bits per heavy atom. The van der Waals surface area contributed by atoms with Crippen LogP contribution in [0.2, 0.25) is 0 Å². The molecular weight excluding hydrogens is 194 g/mol. The van der Waals surface area contributed by atoms with Crippen molar-refractivity contribution >= 4 is 0 Å². The van der Waals surface area contributed by atoms with E-state index in [1.54, 1.807) is 0 Å². The Kier molecular flexibility index (Phi) is 5.64. The summed E-state index contributed by atoms with van der Waals surface area (Å²) in [5.74, 6) is 0.0743. The number of nitrogens with zero attached hydrogens (tertiary/aromatic N) is 1. The first-order valence-corrected chi connectivity index (χ1v) is 6.30. The van der Waals surface area contributed by atoms with Crippen LogP contribution in [0.3, 0.4) is 0 Å². The molecular formula is C15H21N. The topological polar surface area (TPSA) is 23.8 Å². The SMILES string of the molecule is CCCCc1ccc(C(C#N)CCC)cc1. The van der Waals surface area contributed by atoms with Gasteiger partial charge in [0.2, 0.25) is 0 Å². The third-order valence-corrected chi connectivity index (χ3v) is 2.93. The molecule has 16 heavy (non-hydrogen) atoms. The van der Waals surface area contributed by atoms with Crippen molar-refractivity contribution < 1.29 is 0 Å². The number of rotatable bonds is 6. The number of hydrogen-bond acceptors (Lipinski definition) is 1. The van der Waals surface area contributed by atoms with Crippen molar-refractivity contribution in [2.45, 2.75) is 51.9 Å². The van der Waals surface area contributed by atoms with Gasteiger partial charge in [-0.1, -0.05) is 51.0 Å². The van der Waals surface area contributed by atoms with Crippen LogP contribution in [-0.2, 0) is 6.42 Å². The van der Waals surface area contributed by atoms with Gasteiger partial charge in [-0.15, -0.1) is 0 Å². The van der Waals surface area contributed by atoms with Crippen LogP contribution in [-0.4, -0.2) is 0 Å². The molecule has 1 nitrogen and oxygen atoms in total. The average Bonchev–Trinajstić information content (AvgIpc) is 2.34. The first-order chi connectivity index (χ1) is 7.81. The Labute approximate surface area is 99.1 Å². The smallest absolute Gasteiger partial charge is 0.0712 e. The molecule has 0 saturated heterocycles. The second-order valence-electron chi connectivity index (χ2n) is 4.32. The summed E-state index contributed by atoms with van der Waals surface area (Å²) in [6.45, 7) is 4.33. The Balaban J connectivity index is 2.66. The zero-order valence-electron chi connectivity index (χ0n) is 10.4. The quantitative estimate of drug-likeness (QED) is 0.688. The van der Waals surface area contributed by atoms with Crippen molar-refractivity contribution in [3.05, 3.63) is 35.4 Å². The van der Waals surface area contributed by atoms with Crippen molar-refractivity contribution in [2.24, 2.45) is 0 Å². The molecule has 0 aliphatic rings. The van der Waals surface area contributed by atoms with Crippen LogP contribution >= 0.6 is 0 Å². The van der Waals surface area contributed by atoms with Crippen LogP contribution in [0.4, 0.5) is 0 Å². The van der Waals surface area contributed by atoms with E-state index in [-0.39, 0.29) is 5.92 Å². The summed E-state index contributed by atoms with van der Waals surface area (Å²) in [7, 11) is 0. The van der Waals surface area contributed by atoms with Gasteiger partial charge in [0.15, 0.2) is 0 Å². The van der Waals surface area contributed by atoms with Crippen LogP contribution < -0.4 is 0 Å². The van der Waals surface area contributed by atoms with Crippen molar-refractivity contribution in [1.82, 2.24) is 0 Å². The Morgan fingerprint density at radius 2 is 1.81 bits per heavy atom. The molecule has 1 aromatic rings. The molecule has 0 saturated carbocycles. The minimum Gasteiger partial charge on any atom is -0.198 e. The van der Waals surface area contributed by atoms with Gasteiger partial charge in [-0.05, 0) is 30.4 Å². The Bertz CT molecular complexity index is 331. The molecule has 1 rings (SSSR count). The van der Waals surface area contributed by atoms with E-state index in [9.17, 15) is 0 Å². The lowest BCUT2D eigenvalue weighted by molar-refractivity contribution is 0.726. The predicted molar refractivity (Wildman–Crippen MR) is 68.3 cm³/mol. The average molecular weight is 215 g/mol. The molecule has 0 bridgehead atoms. The summed E-state index contributed by atoms with van der Waals surface area (Å²) in [6, 6.07) is 11.0. The van der Waals surface area contributed by atoms with E-state index in [1.807, 2.05) is 0 Å². The normalized spacial score (nSPS) is 12.1. The summed E-state index contributed by atoms with van der Waals surface area (Å²) >= 11 is 0. The highest BCUT2D eigenvalue weighted by Crippen LogP contribution is 2.21.